The van der Waals surface area contributed by atoms with Crippen LogP contribution in [0.15, 0.2) is 17.3 Å². The molecule has 25 heavy (non-hydrogen) atoms. The molecule has 3 rings (SSSR count). The fourth-order valence-electron chi connectivity index (χ4n) is 3.37. The summed E-state index contributed by atoms with van der Waals surface area (Å²) in [6.07, 6.45) is 5.25. The van der Waals surface area contributed by atoms with Crippen molar-refractivity contribution in [2.75, 3.05) is 19.6 Å². The van der Waals surface area contributed by atoms with Crippen LogP contribution in [-0.4, -0.2) is 60.9 Å². The van der Waals surface area contributed by atoms with Crippen LogP contribution < -0.4 is 5.56 Å². The third kappa shape index (κ3) is 3.80. The Labute approximate surface area is 146 Å². The van der Waals surface area contributed by atoms with Gasteiger partial charge in [0.25, 0.3) is 5.56 Å². The number of fused-ring (bicyclic) bond motifs is 1. The molecule has 0 aromatic carbocycles. The lowest BCUT2D eigenvalue weighted by atomic mass is 9.88. The van der Waals surface area contributed by atoms with Crippen LogP contribution in [0.1, 0.15) is 26.7 Å². The molecule has 136 valence electrons. The number of rotatable bonds is 5. The predicted octanol–water partition coefficient (Wildman–Crippen LogP) is 0.182. The van der Waals surface area contributed by atoms with Gasteiger partial charge in [-0.15, -0.1) is 0 Å². The quantitative estimate of drug-likeness (QED) is 0.776. The number of hydrogen-bond donors (Lipinski definition) is 1. The van der Waals surface area contributed by atoms with E-state index in [4.69, 9.17) is 0 Å². The molecule has 0 atom stereocenters. The maximum absolute atomic E-state index is 12.5. The lowest BCUT2D eigenvalue weighted by molar-refractivity contribution is -0.116. The first-order chi connectivity index (χ1) is 11.7. The number of aryl methyl sites for hydroxylation is 1. The number of aromatic nitrogens is 4. The van der Waals surface area contributed by atoms with Crippen LogP contribution in [0.3, 0.4) is 0 Å². The lowest BCUT2D eigenvalue weighted by Crippen LogP contribution is -2.50. The molecular weight excluding hydrogens is 322 g/mol. The van der Waals surface area contributed by atoms with E-state index < -0.39 is 5.60 Å². The maximum atomic E-state index is 12.5. The Morgan fingerprint density at radius 1 is 1.36 bits per heavy atom. The fraction of sp³-hybridized carbons (Fsp3) is 0.647. The Hall–Kier alpha value is -2.06. The van der Waals surface area contributed by atoms with Crippen LogP contribution in [0.5, 0.6) is 0 Å². The van der Waals surface area contributed by atoms with Gasteiger partial charge >= 0.3 is 0 Å². The molecule has 0 unspecified atom stereocenters. The van der Waals surface area contributed by atoms with Crippen LogP contribution in [0, 0.1) is 5.41 Å². The third-order valence-corrected chi connectivity index (χ3v) is 4.81. The van der Waals surface area contributed by atoms with Crippen molar-refractivity contribution in [3.05, 3.63) is 22.9 Å². The van der Waals surface area contributed by atoms with Gasteiger partial charge in [0.15, 0.2) is 5.52 Å². The molecule has 0 amide bonds. The number of aliphatic hydroxyl groups is 1. The number of nitrogens with zero attached hydrogens (tertiary/aromatic N) is 5. The van der Waals surface area contributed by atoms with E-state index in [0.29, 0.717) is 43.5 Å². The molecule has 1 N–H and O–H groups in total. The summed E-state index contributed by atoms with van der Waals surface area (Å²) in [6, 6.07) is 0. The van der Waals surface area contributed by atoms with E-state index in [1.807, 2.05) is 13.8 Å². The fourth-order valence-corrected chi connectivity index (χ4v) is 3.37. The van der Waals surface area contributed by atoms with Gasteiger partial charge in [0.2, 0.25) is 0 Å². The minimum Gasteiger partial charge on any atom is -0.388 e. The standard InChI is InChI=1S/C17H25N5O3/c1-16(2,11-23)9-21-6-4-17(25,5-7-21)10-22-12-18-13-8-20(3)19-14(13)15(22)24/h8,11-12,25H,4-7,9-10H2,1-3H3. The minimum atomic E-state index is -0.949. The van der Waals surface area contributed by atoms with E-state index in [1.54, 1.807) is 17.9 Å². The summed E-state index contributed by atoms with van der Waals surface area (Å²) in [4.78, 5) is 30.1. The lowest BCUT2D eigenvalue weighted by Gasteiger charge is -2.40. The Morgan fingerprint density at radius 3 is 2.68 bits per heavy atom. The van der Waals surface area contributed by atoms with Crippen LogP contribution in [-0.2, 0) is 18.4 Å². The van der Waals surface area contributed by atoms with Crippen molar-refractivity contribution < 1.29 is 9.90 Å². The zero-order valence-electron chi connectivity index (χ0n) is 15.0. The number of piperidine rings is 1. The van der Waals surface area contributed by atoms with Gasteiger partial charge in [0.1, 0.15) is 11.8 Å². The summed E-state index contributed by atoms with van der Waals surface area (Å²) in [5.74, 6) is 0. The van der Waals surface area contributed by atoms with E-state index in [2.05, 4.69) is 15.0 Å². The first-order valence-electron chi connectivity index (χ1n) is 8.51. The molecule has 1 fully saturated rings. The Balaban J connectivity index is 1.70. The molecule has 0 saturated carbocycles. The molecule has 0 aliphatic carbocycles. The normalized spacial score (nSPS) is 18.6. The van der Waals surface area contributed by atoms with Crippen molar-refractivity contribution in [2.45, 2.75) is 38.8 Å². The summed E-state index contributed by atoms with van der Waals surface area (Å²) in [5, 5.41) is 15.0. The summed E-state index contributed by atoms with van der Waals surface area (Å²) in [6.45, 7) is 6.09. The molecular formula is C17H25N5O3. The highest BCUT2D eigenvalue weighted by atomic mass is 16.3. The van der Waals surface area contributed by atoms with Gasteiger partial charge in [-0.05, 0) is 12.8 Å². The second-order valence-electron chi connectivity index (χ2n) is 7.82. The first-order valence-corrected chi connectivity index (χ1v) is 8.51. The summed E-state index contributed by atoms with van der Waals surface area (Å²) >= 11 is 0. The van der Waals surface area contributed by atoms with Gasteiger partial charge in [-0.1, -0.05) is 13.8 Å². The molecule has 1 aliphatic rings. The van der Waals surface area contributed by atoms with Crippen molar-refractivity contribution in [1.29, 1.82) is 0 Å². The zero-order chi connectivity index (χ0) is 18.2. The Bertz CT molecular complexity index is 830. The van der Waals surface area contributed by atoms with Gasteiger partial charge in [0.05, 0.1) is 24.7 Å². The highest BCUT2D eigenvalue weighted by Gasteiger charge is 2.34. The van der Waals surface area contributed by atoms with E-state index in [9.17, 15) is 14.7 Å². The maximum Gasteiger partial charge on any atom is 0.281 e. The number of carbonyl (C=O) groups is 1. The van der Waals surface area contributed by atoms with Crippen LogP contribution >= 0.6 is 0 Å². The summed E-state index contributed by atoms with van der Waals surface area (Å²) in [7, 11) is 1.75. The molecule has 3 heterocycles. The smallest absolute Gasteiger partial charge is 0.281 e. The Kier molecular flexibility index (Phi) is 4.51. The molecule has 0 spiro atoms. The second kappa shape index (κ2) is 6.34. The minimum absolute atomic E-state index is 0.205. The SMILES string of the molecule is Cn1cc2ncn(CC3(O)CCN(CC(C)(C)C=O)CC3)c(=O)c2n1. The predicted molar refractivity (Wildman–Crippen MR) is 93.2 cm³/mol. The number of aldehydes is 1. The monoisotopic (exact) mass is 347 g/mol. The topological polar surface area (TPSA) is 93.3 Å². The van der Waals surface area contributed by atoms with E-state index in [0.717, 1.165) is 6.29 Å². The van der Waals surface area contributed by atoms with Gasteiger partial charge in [-0.25, -0.2) is 4.98 Å². The van der Waals surface area contributed by atoms with Gasteiger partial charge < -0.3 is 14.8 Å². The number of hydrogen-bond acceptors (Lipinski definition) is 6. The van der Waals surface area contributed by atoms with Crippen molar-refractivity contribution >= 4 is 17.3 Å². The van der Waals surface area contributed by atoms with Crippen LogP contribution in [0.4, 0.5) is 0 Å². The van der Waals surface area contributed by atoms with Gasteiger partial charge in [0, 0.05) is 32.1 Å². The van der Waals surface area contributed by atoms with E-state index in [1.165, 1.54) is 10.9 Å². The molecule has 1 saturated heterocycles. The zero-order valence-corrected chi connectivity index (χ0v) is 15.0. The van der Waals surface area contributed by atoms with E-state index in [-0.39, 0.29) is 17.5 Å². The average Bonchev–Trinajstić information content (AvgIpc) is 2.94. The molecule has 2 aromatic rings. The van der Waals surface area contributed by atoms with Crippen LogP contribution in [0.2, 0.25) is 0 Å². The third-order valence-electron chi connectivity index (χ3n) is 4.81. The van der Waals surface area contributed by atoms with Crippen molar-refractivity contribution in [1.82, 2.24) is 24.2 Å². The van der Waals surface area contributed by atoms with Crippen LogP contribution in [0.25, 0.3) is 11.0 Å². The highest BCUT2D eigenvalue weighted by molar-refractivity contribution is 5.71. The second-order valence-corrected chi connectivity index (χ2v) is 7.82. The largest absolute Gasteiger partial charge is 0.388 e. The molecule has 1 aliphatic heterocycles. The number of likely N-dealkylation sites (tertiary alicyclic amines) is 1. The molecule has 0 radical (unpaired) electrons. The van der Waals surface area contributed by atoms with Crippen molar-refractivity contribution in [3.8, 4) is 0 Å². The van der Waals surface area contributed by atoms with E-state index >= 15 is 0 Å². The molecule has 8 heteroatoms. The molecule has 0 bridgehead atoms. The first kappa shape index (κ1) is 17.8. The highest BCUT2D eigenvalue weighted by Crippen LogP contribution is 2.26. The summed E-state index contributed by atoms with van der Waals surface area (Å²) in [5.41, 5.74) is -0.695. The number of carbonyl (C=O) groups excluding carboxylic acids is 1. The van der Waals surface area contributed by atoms with Crippen molar-refractivity contribution in [2.24, 2.45) is 12.5 Å². The Morgan fingerprint density at radius 2 is 2.04 bits per heavy atom. The average molecular weight is 347 g/mol. The van der Waals surface area contributed by atoms with Gasteiger partial charge in [-0.3, -0.25) is 14.0 Å². The molecule has 2 aromatic heterocycles. The van der Waals surface area contributed by atoms with Gasteiger partial charge in [-0.2, -0.15) is 5.10 Å². The molecule has 8 nitrogen and oxygen atoms in total. The van der Waals surface area contributed by atoms with Crippen molar-refractivity contribution in [3.63, 3.8) is 0 Å². The summed E-state index contributed by atoms with van der Waals surface area (Å²) < 4.78 is 3.01.